The summed E-state index contributed by atoms with van der Waals surface area (Å²) in [5.41, 5.74) is -1.08. The summed E-state index contributed by atoms with van der Waals surface area (Å²) < 4.78 is 0. The highest BCUT2D eigenvalue weighted by molar-refractivity contribution is 5.86. The van der Waals surface area contributed by atoms with Gasteiger partial charge in [0.1, 0.15) is 5.54 Å². The number of carbonyl (C=O) groups excluding carboxylic acids is 1. The zero-order chi connectivity index (χ0) is 15.6. The molecule has 21 heavy (non-hydrogen) atoms. The van der Waals surface area contributed by atoms with Crippen LogP contribution in [0.25, 0.3) is 0 Å². The standard InChI is InChI=1S/C16H28N2O3/c1-11-6-5-9-16(10-11,14(19)20)17-15(21)18-12(2)7-4-8-13(18)3/h11-13H,4-10H2,1-3H3,(H,17,21)(H,19,20). The monoisotopic (exact) mass is 296 g/mol. The van der Waals surface area contributed by atoms with Crippen molar-refractivity contribution in [2.75, 3.05) is 0 Å². The molecule has 1 aliphatic carbocycles. The summed E-state index contributed by atoms with van der Waals surface area (Å²) in [6, 6.07) is 0.160. The maximum absolute atomic E-state index is 12.7. The fourth-order valence-corrected chi connectivity index (χ4v) is 4.00. The smallest absolute Gasteiger partial charge is 0.329 e. The van der Waals surface area contributed by atoms with Crippen molar-refractivity contribution in [3.05, 3.63) is 0 Å². The van der Waals surface area contributed by atoms with Gasteiger partial charge in [-0.25, -0.2) is 9.59 Å². The van der Waals surface area contributed by atoms with Crippen LogP contribution in [0.1, 0.15) is 65.7 Å². The molecule has 0 aromatic rings. The molecule has 2 aliphatic rings. The third-order valence-electron chi connectivity index (χ3n) is 5.18. The van der Waals surface area contributed by atoms with Crippen molar-refractivity contribution >= 4 is 12.0 Å². The third kappa shape index (κ3) is 3.33. The SMILES string of the molecule is CC1CCCC(NC(=O)N2C(C)CCCC2C)(C(=O)O)C1. The Morgan fingerprint density at radius 1 is 1.10 bits per heavy atom. The Morgan fingerprint density at radius 2 is 1.71 bits per heavy atom. The molecule has 120 valence electrons. The van der Waals surface area contributed by atoms with Crippen molar-refractivity contribution in [2.24, 2.45) is 5.92 Å². The number of rotatable bonds is 2. The van der Waals surface area contributed by atoms with Crippen LogP contribution in [0.15, 0.2) is 0 Å². The lowest BCUT2D eigenvalue weighted by atomic mass is 9.76. The largest absolute Gasteiger partial charge is 0.480 e. The third-order valence-corrected chi connectivity index (χ3v) is 5.18. The predicted octanol–water partition coefficient (Wildman–Crippen LogP) is 2.99. The molecule has 1 saturated carbocycles. The maximum atomic E-state index is 12.7. The molecular weight excluding hydrogens is 268 g/mol. The molecule has 0 bridgehead atoms. The van der Waals surface area contributed by atoms with E-state index in [0.29, 0.717) is 18.8 Å². The number of nitrogens with one attached hydrogen (secondary N) is 1. The van der Waals surface area contributed by atoms with Crippen molar-refractivity contribution in [1.82, 2.24) is 10.2 Å². The van der Waals surface area contributed by atoms with Gasteiger partial charge in [0.25, 0.3) is 0 Å². The minimum atomic E-state index is -1.08. The first-order chi connectivity index (χ1) is 9.85. The number of piperidine rings is 1. The van der Waals surface area contributed by atoms with Crippen molar-refractivity contribution in [3.8, 4) is 0 Å². The number of carbonyl (C=O) groups is 2. The van der Waals surface area contributed by atoms with Crippen molar-refractivity contribution in [2.45, 2.75) is 83.3 Å². The minimum absolute atomic E-state index is 0.181. The summed E-state index contributed by atoms with van der Waals surface area (Å²) in [5.74, 6) is -0.550. The summed E-state index contributed by atoms with van der Waals surface area (Å²) in [6.07, 6.45) is 6.09. The zero-order valence-corrected chi connectivity index (χ0v) is 13.4. The van der Waals surface area contributed by atoms with E-state index in [-0.39, 0.29) is 18.1 Å². The molecule has 5 nitrogen and oxygen atoms in total. The molecule has 1 aliphatic heterocycles. The summed E-state index contributed by atoms with van der Waals surface area (Å²) in [6.45, 7) is 6.16. The number of hydrogen-bond donors (Lipinski definition) is 2. The predicted molar refractivity (Wildman–Crippen MR) is 81.1 cm³/mol. The van der Waals surface area contributed by atoms with Crippen LogP contribution in [0.4, 0.5) is 4.79 Å². The number of urea groups is 1. The molecule has 4 atom stereocenters. The van der Waals surface area contributed by atoms with E-state index in [1.807, 2.05) is 18.7 Å². The maximum Gasteiger partial charge on any atom is 0.329 e. The highest BCUT2D eigenvalue weighted by atomic mass is 16.4. The number of nitrogens with zero attached hydrogens (tertiary/aromatic N) is 1. The molecule has 2 rings (SSSR count). The van der Waals surface area contributed by atoms with Gasteiger partial charge in [0.15, 0.2) is 0 Å². The van der Waals surface area contributed by atoms with E-state index in [0.717, 1.165) is 32.1 Å². The van der Waals surface area contributed by atoms with Crippen molar-refractivity contribution in [1.29, 1.82) is 0 Å². The van der Waals surface area contributed by atoms with Crippen LogP contribution >= 0.6 is 0 Å². The number of likely N-dealkylation sites (tertiary alicyclic amines) is 1. The Hall–Kier alpha value is -1.26. The van der Waals surface area contributed by atoms with Gasteiger partial charge in [0, 0.05) is 12.1 Å². The molecule has 0 radical (unpaired) electrons. The number of amides is 2. The first-order valence-corrected chi connectivity index (χ1v) is 8.19. The highest BCUT2D eigenvalue weighted by Gasteiger charge is 2.45. The van der Waals surface area contributed by atoms with Gasteiger partial charge >= 0.3 is 12.0 Å². The highest BCUT2D eigenvalue weighted by Crippen LogP contribution is 2.33. The normalized spacial score (nSPS) is 37.1. The van der Waals surface area contributed by atoms with Gasteiger partial charge in [-0.1, -0.05) is 19.8 Å². The van der Waals surface area contributed by atoms with Crippen LogP contribution in [0.2, 0.25) is 0 Å². The molecule has 0 aromatic carbocycles. The Kier molecular flexibility index (Phi) is 4.79. The van der Waals surface area contributed by atoms with Crippen LogP contribution in [0.3, 0.4) is 0 Å². The van der Waals surface area contributed by atoms with Crippen LogP contribution in [0, 0.1) is 5.92 Å². The minimum Gasteiger partial charge on any atom is -0.480 e. The van der Waals surface area contributed by atoms with E-state index >= 15 is 0 Å². The lowest BCUT2D eigenvalue weighted by Crippen LogP contribution is -2.62. The van der Waals surface area contributed by atoms with E-state index in [9.17, 15) is 14.7 Å². The summed E-state index contributed by atoms with van der Waals surface area (Å²) >= 11 is 0. The Morgan fingerprint density at radius 3 is 2.24 bits per heavy atom. The van der Waals surface area contributed by atoms with E-state index in [1.165, 1.54) is 0 Å². The van der Waals surface area contributed by atoms with Gasteiger partial charge in [-0.2, -0.15) is 0 Å². The summed E-state index contributed by atoms with van der Waals surface area (Å²) in [7, 11) is 0. The van der Waals surface area contributed by atoms with Gasteiger partial charge in [0.2, 0.25) is 0 Å². The molecular formula is C16H28N2O3. The lowest BCUT2D eigenvalue weighted by Gasteiger charge is -2.43. The van der Waals surface area contributed by atoms with Gasteiger partial charge in [-0.3, -0.25) is 0 Å². The second kappa shape index (κ2) is 6.24. The fourth-order valence-electron chi connectivity index (χ4n) is 4.00. The quantitative estimate of drug-likeness (QED) is 0.823. The lowest BCUT2D eigenvalue weighted by molar-refractivity contribution is -0.146. The molecule has 2 amide bonds. The first-order valence-electron chi connectivity index (χ1n) is 8.19. The van der Waals surface area contributed by atoms with Crippen molar-refractivity contribution < 1.29 is 14.7 Å². The average Bonchev–Trinajstić information content (AvgIpc) is 2.38. The van der Waals surface area contributed by atoms with Crippen LogP contribution < -0.4 is 5.32 Å². The Labute approximate surface area is 127 Å². The second-order valence-electron chi connectivity index (χ2n) is 7.06. The fraction of sp³-hybridized carbons (Fsp3) is 0.875. The van der Waals surface area contributed by atoms with Gasteiger partial charge in [-0.15, -0.1) is 0 Å². The number of carboxylic acids is 1. The topological polar surface area (TPSA) is 69.6 Å². The zero-order valence-electron chi connectivity index (χ0n) is 13.4. The van der Waals surface area contributed by atoms with Gasteiger partial charge < -0.3 is 15.3 Å². The van der Waals surface area contributed by atoms with E-state index in [2.05, 4.69) is 12.2 Å². The van der Waals surface area contributed by atoms with Gasteiger partial charge in [-0.05, 0) is 51.9 Å². The molecule has 0 aromatic heterocycles. The molecule has 2 N–H and O–H groups in total. The van der Waals surface area contributed by atoms with Crippen LogP contribution in [0.5, 0.6) is 0 Å². The molecule has 0 spiro atoms. The molecule has 5 heteroatoms. The summed E-state index contributed by atoms with van der Waals surface area (Å²) in [4.78, 5) is 26.3. The molecule has 2 fully saturated rings. The van der Waals surface area contributed by atoms with Crippen molar-refractivity contribution in [3.63, 3.8) is 0 Å². The number of aliphatic carboxylic acids is 1. The van der Waals surface area contributed by atoms with Gasteiger partial charge in [0.05, 0.1) is 0 Å². The first kappa shape index (κ1) is 16.1. The van der Waals surface area contributed by atoms with E-state index in [4.69, 9.17) is 0 Å². The Bertz CT molecular complexity index is 402. The molecule has 1 heterocycles. The van der Waals surface area contributed by atoms with Crippen LogP contribution in [-0.4, -0.2) is 39.6 Å². The Balaban J connectivity index is 2.13. The average molecular weight is 296 g/mol. The second-order valence-corrected chi connectivity index (χ2v) is 7.06. The summed E-state index contributed by atoms with van der Waals surface area (Å²) in [5, 5.41) is 12.5. The number of carboxylic acid groups (broad SMARTS) is 1. The van der Waals surface area contributed by atoms with Crippen LogP contribution in [-0.2, 0) is 4.79 Å². The molecule has 4 unspecified atom stereocenters. The number of hydrogen-bond acceptors (Lipinski definition) is 2. The van der Waals surface area contributed by atoms with E-state index < -0.39 is 11.5 Å². The van der Waals surface area contributed by atoms with E-state index in [1.54, 1.807) is 0 Å². The molecule has 1 saturated heterocycles.